The Morgan fingerprint density at radius 2 is 1.95 bits per heavy atom. The molecule has 0 saturated carbocycles. The quantitative estimate of drug-likeness (QED) is 0.467. The first-order chi connectivity index (χ1) is 9.16. The van der Waals surface area contributed by atoms with Gasteiger partial charge in [0, 0.05) is 6.07 Å². The fourth-order valence-electron chi connectivity index (χ4n) is 1.70. The molecule has 0 N–H and O–H groups in total. The van der Waals surface area contributed by atoms with Crippen LogP contribution in [0.3, 0.4) is 0 Å². The van der Waals surface area contributed by atoms with Crippen LogP contribution in [0.4, 0.5) is 5.69 Å². The first kappa shape index (κ1) is 16.1. The third kappa shape index (κ3) is 3.79. The summed E-state index contributed by atoms with van der Waals surface area (Å²) in [5, 5.41) is 11.2. The maximum Gasteiger partial charge on any atom is 0.311 e. The summed E-state index contributed by atoms with van der Waals surface area (Å²) in [6.07, 6.45) is 0.609. The Bertz CT molecular complexity index is 515. The molecular formula is C15H21NO4. The number of nitrogens with zero attached hydrogens (tertiary/aromatic N) is 1. The molecule has 110 valence electrons. The highest BCUT2D eigenvalue weighted by molar-refractivity contribution is 5.83. The fourth-order valence-corrected chi connectivity index (χ4v) is 1.70. The van der Waals surface area contributed by atoms with E-state index in [2.05, 4.69) is 0 Å². The number of hydrogen-bond acceptors (Lipinski definition) is 4. The largest absolute Gasteiger partial charge is 0.486 e. The Balaban J connectivity index is 3.40. The average Bonchev–Trinajstić information content (AvgIpc) is 2.33. The molecule has 0 fully saturated rings. The van der Waals surface area contributed by atoms with Gasteiger partial charge in [-0.15, -0.1) is 0 Å². The Labute approximate surface area is 119 Å². The van der Waals surface area contributed by atoms with Crippen LogP contribution in [-0.4, -0.2) is 17.8 Å². The lowest BCUT2D eigenvalue weighted by atomic mass is 9.85. The predicted octanol–water partition coefficient (Wildman–Crippen LogP) is 3.74. The van der Waals surface area contributed by atoms with Crippen LogP contribution in [0.5, 0.6) is 5.75 Å². The highest BCUT2D eigenvalue weighted by Crippen LogP contribution is 2.36. The van der Waals surface area contributed by atoms with E-state index >= 15 is 0 Å². The van der Waals surface area contributed by atoms with Gasteiger partial charge in [-0.1, -0.05) is 34.6 Å². The second kappa shape index (κ2) is 6.03. The molecule has 0 heterocycles. The van der Waals surface area contributed by atoms with Crippen molar-refractivity contribution in [3.8, 4) is 5.75 Å². The summed E-state index contributed by atoms with van der Waals surface area (Å²) in [6, 6.07) is 3.15. The minimum atomic E-state index is -0.502. The van der Waals surface area contributed by atoms with Crippen LogP contribution in [0, 0.1) is 16.0 Å². The maximum absolute atomic E-state index is 11.2. The first-order valence-corrected chi connectivity index (χ1v) is 6.57. The zero-order valence-corrected chi connectivity index (χ0v) is 12.6. The topological polar surface area (TPSA) is 69.4 Å². The van der Waals surface area contributed by atoms with E-state index in [0.29, 0.717) is 12.9 Å². The molecule has 0 bridgehead atoms. The van der Waals surface area contributed by atoms with Gasteiger partial charge >= 0.3 is 5.69 Å². The molecular weight excluding hydrogens is 258 g/mol. The van der Waals surface area contributed by atoms with Gasteiger partial charge in [0.05, 0.1) is 17.1 Å². The second-order valence-corrected chi connectivity index (χ2v) is 6.24. The van der Waals surface area contributed by atoms with E-state index in [1.807, 2.05) is 34.6 Å². The smallest absolute Gasteiger partial charge is 0.311 e. The summed E-state index contributed by atoms with van der Waals surface area (Å²) >= 11 is 0. The molecule has 0 atom stereocenters. The summed E-state index contributed by atoms with van der Waals surface area (Å²) in [7, 11) is 0. The molecule has 5 heteroatoms. The molecule has 1 rings (SSSR count). The molecule has 5 nitrogen and oxygen atoms in total. The van der Waals surface area contributed by atoms with Crippen molar-refractivity contribution in [1.82, 2.24) is 0 Å². The van der Waals surface area contributed by atoms with Crippen molar-refractivity contribution in [3.63, 3.8) is 0 Å². The lowest BCUT2D eigenvalue weighted by molar-refractivity contribution is -0.386. The third-order valence-electron chi connectivity index (χ3n) is 2.85. The number of nitro benzene ring substituents is 1. The standard InChI is InChI=1S/C15H21NO4/c1-10(2)9-20-14-11(8-17)6-12(15(3,4)5)7-13(14)16(18)19/h6-8,10H,9H2,1-5H3. The first-order valence-electron chi connectivity index (χ1n) is 6.57. The number of rotatable bonds is 5. The number of benzene rings is 1. The van der Waals surface area contributed by atoms with Crippen molar-refractivity contribution in [2.45, 2.75) is 40.0 Å². The van der Waals surface area contributed by atoms with Crippen molar-refractivity contribution >= 4 is 12.0 Å². The molecule has 20 heavy (non-hydrogen) atoms. The molecule has 1 aromatic rings. The number of carbonyl (C=O) groups is 1. The van der Waals surface area contributed by atoms with Gasteiger partial charge in [0.1, 0.15) is 0 Å². The summed E-state index contributed by atoms with van der Waals surface area (Å²) in [5.41, 5.74) is 0.534. The Kier molecular flexibility index (Phi) is 4.87. The van der Waals surface area contributed by atoms with Gasteiger partial charge in [-0.3, -0.25) is 14.9 Å². The van der Waals surface area contributed by atoms with Crippen LogP contribution in [0.1, 0.15) is 50.5 Å². The van der Waals surface area contributed by atoms with Gasteiger partial charge in [0.2, 0.25) is 5.75 Å². The number of ether oxygens (including phenoxy) is 1. The number of carbonyl (C=O) groups excluding carboxylic acids is 1. The van der Waals surface area contributed by atoms with Gasteiger partial charge in [-0.05, 0) is 23.0 Å². The van der Waals surface area contributed by atoms with E-state index in [-0.39, 0.29) is 28.3 Å². The van der Waals surface area contributed by atoms with Crippen LogP contribution >= 0.6 is 0 Å². The normalized spacial score (nSPS) is 11.5. The molecule has 0 aromatic heterocycles. The van der Waals surface area contributed by atoms with E-state index in [4.69, 9.17) is 4.74 Å². The third-order valence-corrected chi connectivity index (χ3v) is 2.85. The van der Waals surface area contributed by atoms with E-state index in [0.717, 1.165) is 5.56 Å². The fraction of sp³-hybridized carbons (Fsp3) is 0.533. The summed E-state index contributed by atoms with van der Waals surface area (Å²) < 4.78 is 5.48. The lowest BCUT2D eigenvalue weighted by Crippen LogP contribution is -2.14. The molecule has 0 aliphatic carbocycles. The monoisotopic (exact) mass is 279 g/mol. The van der Waals surface area contributed by atoms with E-state index in [9.17, 15) is 14.9 Å². The molecule has 0 radical (unpaired) electrons. The van der Waals surface area contributed by atoms with Crippen molar-refractivity contribution in [3.05, 3.63) is 33.4 Å². The van der Waals surface area contributed by atoms with Gasteiger partial charge in [0.15, 0.2) is 6.29 Å². The molecule has 0 amide bonds. The molecule has 0 saturated heterocycles. The summed E-state index contributed by atoms with van der Waals surface area (Å²) in [4.78, 5) is 21.9. The molecule has 0 unspecified atom stereocenters. The minimum absolute atomic E-state index is 0.0618. The molecule has 0 aliphatic rings. The highest BCUT2D eigenvalue weighted by Gasteiger charge is 2.25. The summed E-state index contributed by atoms with van der Waals surface area (Å²) in [6.45, 7) is 10.0. The average molecular weight is 279 g/mol. The van der Waals surface area contributed by atoms with Gasteiger partial charge < -0.3 is 4.74 Å². The van der Waals surface area contributed by atoms with Gasteiger partial charge in [-0.2, -0.15) is 0 Å². The Hall–Kier alpha value is -1.91. The van der Waals surface area contributed by atoms with Crippen LogP contribution in [0.2, 0.25) is 0 Å². The summed E-state index contributed by atoms with van der Waals surface area (Å²) in [5.74, 6) is 0.281. The van der Waals surface area contributed by atoms with E-state index in [1.54, 1.807) is 6.07 Å². The zero-order valence-electron chi connectivity index (χ0n) is 12.6. The second-order valence-electron chi connectivity index (χ2n) is 6.24. The van der Waals surface area contributed by atoms with Crippen LogP contribution in [-0.2, 0) is 5.41 Å². The van der Waals surface area contributed by atoms with Crippen LogP contribution < -0.4 is 4.74 Å². The van der Waals surface area contributed by atoms with Crippen molar-refractivity contribution in [2.75, 3.05) is 6.61 Å². The van der Waals surface area contributed by atoms with Crippen LogP contribution in [0.25, 0.3) is 0 Å². The number of nitro groups is 1. The van der Waals surface area contributed by atoms with Crippen molar-refractivity contribution in [1.29, 1.82) is 0 Å². The molecule has 0 spiro atoms. The predicted molar refractivity (Wildman–Crippen MR) is 77.5 cm³/mol. The van der Waals surface area contributed by atoms with Gasteiger partial charge in [0.25, 0.3) is 0 Å². The highest BCUT2D eigenvalue weighted by atomic mass is 16.6. The Morgan fingerprint density at radius 3 is 2.35 bits per heavy atom. The Morgan fingerprint density at radius 1 is 1.35 bits per heavy atom. The van der Waals surface area contributed by atoms with Gasteiger partial charge in [-0.25, -0.2) is 0 Å². The van der Waals surface area contributed by atoms with E-state index in [1.165, 1.54) is 6.07 Å². The maximum atomic E-state index is 11.2. The van der Waals surface area contributed by atoms with Crippen LogP contribution in [0.15, 0.2) is 12.1 Å². The molecule has 1 aromatic carbocycles. The zero-order chi connectivity index (χ0) is 15.5. The lowest BCUT2D eigenvalue weighted by Gasteiger charge is -2.20. The SMILES string of the molecule is CC(C)COc1c(C=O)cc(C(C)(C)C)cc1[N+](=O)[O-]. The number of aldehydes is 1. The minimum Gasteiger partial charge on any atom is -0.486 e. The molecule has 0 aliphatic heterocycles. The number of hydrogen-bond donors (Lipinski definition) is 0. The van der Waals surface area contributed by atoms with Crippen molar-refractivity contribution in [2.24, 2.45) is 5.92 Å². The van der Waals surface area contributed by atoms with E-state index < -0.39 is 4.92 Å². The van der Waals surface area contributed by atoms with Crippen molar-refractivity contribution < 1.29 is 14.5 Å².